The molecule has 1 amide bonds. The normalized spacial score (nSPS) is 23.2. The van der Waals surface area contributed by atoms with Crippen LogP contribution >= 0.6 is 0 Å². The lowest BCUT2D eigenvalue weighted by molar-refractivity contribution is -0.118. The fraction of sp³-hybridized carbons (Fsp3) is 0.517. The van der Waals surface area contributed by atoms with E-state index >= 15 is 0 Å². The van der Waals surface area contributed by atoms with E-state index < -0.39 is 10.0 Å². The molecule has 2 heterocycles. The molecular formula is C29H39N5O4S. The van der Waals surface area contributed by atoms with Crippen LogP contribution in [0.4, 0.5) is 11.4 Å². The summed E-state index contributed by atoms with van der Waals surface area (Å²) in [7, 11) is -1.63. The van der Waals surface area contributed by atoms with Crippen LogP contribution in [0.5, 0.6) is 5.75 Å². The van der Waals surface area contributed by atoms with E-state index in [1.165, 1.54) is 29.3 Å². The lowest BCUT2D eigenvalue weighted by Gasteiger charge is -2.43. The van der Waals surface area contributed by atoms with Crippen molar-refractivity contribution < 1.29 is 17.9 Å². The molecular weight excluding hydrogens is 514 g/mol. The Kier molecular flexibility index (Phi) is 9.28. The minimum absolute atomic E-state index is 0.119. The predicted molar refractivity (Wildman–Crippen MR) is 153 cm³/mol. The number of ether oxygens (including phenoxy) is 1. The highest BCUT2D eigenvalue weighted by atomic mass is 32.2. The third kappa shape index (κ3) is 6.97. The van der Waals surface area contributed by atoms with Gasteiger partial charge in [-0.05, 0) is 71.5 Å². The van der Waals surface area contributed by atoms with Crippen molar-refractivity contribution in [3.05, 3.63) is 59.4 Å². The topological polar surface area (TPSA) is 86.5 Å². The van der Waals surface area contributed by atoms with Crippen LogP contribution in [0.1, 0.15) is 32.3 Å². The summed E-state index contributed by atoms with van der Waals surface area (Å²) in [5.74, 6) is 1.14. The summed E-state index contributed by atoms with van der Waals surface area (Å²) in [5, 5.41) is 3.02. The monoisotopic (exact) mass is 553 g/mol. The van der Waals surface area contributed by atoms with Crippen molar-refractivity contribution in [2.75, 3.05) is 51.7 Å². The first-order valence-corrected chi connectivity index (χ1v) is 15.0. The van der Waals surface area contributed by atoms with Gasteiger partial charge < -0.3 is 15.0 Å². The van der Waals surface area contributed by atoms with E-state index in [0.717, 1.165) is 30.1 Å². The second-order valence-electron chi connectivity index (χ2n) is 10.9. The number of piperazine rings is 1. The number of carbonyl (C=O) groups excluding carboxylic acids is 1. The lowest BCUT2D eigenvalue weighted by atomic mass is 9.99. The lowest BCUT2D eigenvalue weighted by Crippen LogP contribution is -2.59. The fourth-order valence-corrected chi connectivity index (χ4v) is 7.62. The molecule has 2 aliphatic heterocycles. The summed E-state index contributed by atoms with van der Waals surface area (Å²) in [5.41, 5.74) is 1.91. The maximum atomic E-state index is 13.4. The van der Waals surface area contributed by atoms with Crippen molar-refractivity contribution in [3.63, 3.8) is 0 Å². The molecule has 2 fully saturated rings. The molecule has 9 nitrogen and oxygen atoms in total. The molecule has 0 spiro atoms. The van der Waals surface area contributed by atoms with Crippen LogP contribution in [0.15, 0.2) is 47.4 Å². The van der Waals surface area contributed by atoms with Crippen molar-refractivity contribution >= 4 is 27.3 Å². The van der Waals surface area contributed by atoms with E-state index in [1.54, 1.807) is 12.1 Å². The number of hydrogen-bond acceptors (Lipinski definition) is 6. The number of piperidine rings is 1. The molecule has 2 aliphatic rings. The van der Waals surface area contributed by atoms with Gasteiger partial charge in [0.1, 0.15) is 5.75 Å². The van der Waals surface area contributed by atoms with Crippen LogP contribution < -0.4 is 10.1 Å². The summed E-state index contributed by atoms with van der Waals surface area (Å²) in [4.78, 5) is 20.8. The molecule has 2 aromatic rings. The number of rotatable bonds is 8. The molecule has 0 aromatic heterocycles. The summed E-state index contributed by atoms with van der Waals surface area (Å²) >= 11 is 0. The third-order valence-corrected chi connectivity index (χ3v) is 9.68. The predicted octanol–water partition coefficient (Wildman–Crippen LogP) is 3.99. The minimum Gasteiger partial charge on any atom is -0.493 e. The van der Waals surface area contributed by atoms with Gasteiger partial charge in [-0.15, -0.1) is 0 Å². The largest absolute Gasteiger partial charge is 0.493 e. The van der Waals surface area contributed by atoms with Gasteiger partial charge >= 0.3 is 0 Å². The van der Waals surface area contributed by atoms with Crippen molar-refractivity contribution in [1.29, 1.82) is 0 Å². The molecule has 0 bridgehead atoms. The maximum absolute atomic E-state index is 13.4. The van der Waals surface area contributed by atoms with Crippen LogP contribution in [0, 0.1) is 19.4 Å². The second kappa shape index (κ2) is 12.5. The van der Waals surface area contributed by atoms with Gasteiger partial charge in [-0.3, -0.25) is 9.69 Å². The van der Waals surface area contributed by atoms with E-state index in [9.17, 15) is 13.2 Å². The van der Waals surface area contributed by atoms with Gasteiger partial charge in [0.2, 0.25) is 15.9 Å². The van der Waals surface area contributed by atoms with Crippen molar-refractivity contribution in [2.45, 2.75) is 50.6 Å². The van der Waals surface area contributed by atoms with E-state index in [-0.39, 0.29) is 35.1 Å². The fourth-order valence-electron chi connectivity index (χ4n) is 5.77. The number of nitrogens with one attached hydrogen (secondary N) is 1. The Morgan fingerprint density at radius 3 is 2.54 bits per heavy atom. The first kappa shape index (κ1) is 29.0. The first-order chi connectivity index (χ1) is 18.6. The number of nitrogens with zero attached hydrogens (tertiary/aromatic N) is 4. The molecule has 2 aromatic carbocycles. The van der Waals surface area contributed by atoms with Gasteiger partial charge in [0.05, 0.1) is 24.6 Å². The molecule has 0 radical (unpaired) electrons. The minimum atomic E-state index is -3.77. The summed E-state index contributed by atoms with van der Waals surface area (Å²) in [6.45, 7) is 16.7. The van der Waals surface area contributed by atoms with E-state index in [4.69, 9.17) is 11.3 Å². The molecule has 4 rings (SSSR count). The van der Waals surface area contributed by atoms with Gasteiger partial charge in [0, 0.05) is 48.9 Å². The van der Waals surface area contributed by atoms with Crippen molar-refractivity contribution in [2.24, 2.45) is 5.92 Å². The van der Waals surface area contributed by atoms with Crippen LogP contribution in [0.2, 0.25) is 0 Å². The Balaban J connectivity index is 1.35. The Labute approximate surface area is 232 Å². The summed E-state index contributed by atoms with van der Waals surface area (Å²) < 4.78 is 34.4. The highest BCUT2D eigenvalue weighted by Gasteiger charge is 2.38. The Morgan fingerprint density at radius 1 is 1.13 bits per heavy atom. The SMILES string of the molecule is [C-]#[N+]c1cccc(S(=O)(=O)N2C(C)CN(CC(=O)Nc3cccc(OCC4CCCN(C)C4)c3C)CC2C)c1. The number of carbonyl (C=O) groups is 1. The van der Waals surface area contributed by atoms with Crippen molar-refractivity contribution in [3.8, 4) is 5.75 Å². The second-order valence-corrected chi connectivity index (χ2v) is 12.7. The molecule has 2 saturated heterocycles. The van der Waals surface area contributed by atoms with Crippen LogP contribution in [-0.4, -0.2) is 86.9 Å². The smallest absolute Gasteiger partial charge is 0.242 e. The zero-order valence-corrected chi connectivity index (χ0v) is 24.1. The Morgan fingerprint density at radius 2 is 1.85 bits per heavy atom. The third-order valence-electron chi connectivity index (χ3n) is 7.56. The van der Waals surface area contributed by atoms with Crippen molar-refractivity contribution in [1.82, 2.24) is 14.1 Å². The van der Waals surface area contributed by atoms with E-state index in [1.807, 2.05) is 43.9 Å². The average Bonchev–Trinajstić information content (AvgIpc) is 2.88. The highest BCUT2D eigenvalue weighted by Crippen LogP contribution is 2.29. The van der Waals surface area contributed by atoms with Crippen LogP contribution in [0.25, 0.3) is 4.85 Å². The molecule has 39 heavy (non-hydrogen) atoms. The van der Waals surface area contributed by atoms with Gasteiger partial charge in [-0.2, -0.15) is 4.31 Å². The van der Waals surface area contributed by atoms with E-state index in [2.05, 4.69) is 22.1 Å². The number of sulfonamides is 1. The van der Waals surface area contributed by atoms with Gasteiger partial charge in [0.25, 0.3) is 0 Å². The summed E-state index contributed by atoms with van der Waals surface area (Å²) in [6, 6.07) is 11.2. The Bertz CT molecular complexity index is 1310. The first-order valence-electron chi connectivity index (χ1n) is 13.5. The zero-order chi connectivity index (χ0) is 28.2. The summed E-state index contributed by atoms with van der Waals surface area (Å²) in [6.07, 6.45) is 2.35. The average molecular weight is 554 g/mol. The maximum Gasteiger partial charge on any atom is 0.242 e. The molecule has 1 N–H and O–H groups in total. The zero-order valence-electron chi connectivity index (χ0n) is 23.3. The number of anilines is 1. The molecule has 10 heteroatoms. The van der Waals surface area contributed by atoms with Gasteiger partial charge in [-0.25, -0.2) is 13.3 Å². The van der Waals surface area contributed by atoms with Crippen LogP contribution in [-0.2, 0) is 14.8 Å². The molecule has 3 atom stereocenters. The van der Waals surface area contributed by atoms with Gasteiger partial charge in [-0.1, -0.05) is 18.2 Å². The number of likely N-dealkylation sites (tertiary alicyclic amines) is 1. The molecule has 210 valence electrons. The highest BCUT2D eigenvalue weighted by molar-refractivity contribution is 7.89. The van der Waals surface area contributed by atoms with Gasteiger partial charge in [0.15, 0.2) is 5.69 Å². The number of hydrogen-bond donors (Lipinski definition) is 1. The molecule has 0 saturated carbocycles. The quantitative estimate of drug-likeness (QED) is 0.498. The Hall–Kier alpha value is -2.97. The standard InChI is InChI=1S/C29H39N5O4S/c1-21-16-33(17-22(2)34(21)39(36,37)26-11-6-10-25(15-26)30-4)19-29(35)31-27-12-7-13-28(23(27)3)38-20-24-9-8-14-32(5)18-24/h6-7,10-13,15,21-22,24H,8-9,14,16-20H2,1-3,5H3,(H,31,35). The molecule has 3 unspecified atom stereocenters. The number of benzene rings is 2. The molecule has 0 aliphatic carbocycles. The number of amides is 1. The van der Waals surface area contributed by atoms with E-state index in [0.29, 0.717) is 25.6 Å². The van der Waals surface area contributed by atoms with Crippen LogP contribution in [0.3, 0.4) is 0 Å².